The van der Waals surface area contributed by atoms with E-state index < -0.39 is 5.76 Å². The first-order valence-corrected chi connectivity index (χ1v) is 16.0. The van der Waals surface area contributed by atoms with Crippen LogP contribution < -0.4 is 16.1 Å². The maximum atomic E-state index is 14.1. The van der Waals surface area contributed by atoms with Gasteiger partial charge >= 0.3 is 5.76 Å². The second-order valence-corrected chi connectivity index (χ2v) is 12.2. The molecule has 8 nitrogen and oxygen atoms in total. The second-order valence-electron chi connectivity index (χ2n) is 12.2. The highest BCUT2D eigenvalue weighted by molar-refractivity contribution is 5.80. The van der Waals surface area contributed by atoms with Crippen molar-refractivity contribution >= 4 is 0 Å². The lowest BCUT2D eigenvalue weighted by atomic mass is 9.89. The van der Waals surface area contributed by atoms with Crippen LogP contribution in [0.3, 0.4) is 0 Å². The third kappa shape index (κ3) is 6.85. The lowest BCUT2D eigenvalue weighted by Gasteiger charge is -2.27. The van der Waals surface area contributed by atoms with Gasteiger partial charge in [-0.2, -0.15) is 0 Å². The number of nitrogens with zero attached hydrogens (tertiary/aromatic N) is 3. The molecule has 0 amide bonds. The predicted octanol–water partition coefficient (Wildman–Crippen LogP) is 7.44. The minimum atomic E-state index is -0.593. The van der Waals surface area contributed by atoms with Crippen molar-refractivity contribution in [3.05, 3.63) is 116 Å². The first kappa shape index (κ1) is 30.3. The van der Waals surface area contributed by atoms with E-state index in [1.54, 1.807) is 4.57 Å². The molecule has 0 radical (unpaired) electrons. The van der Waals surface area contributed by atoms with E-state index in [0.29, 0.717) is 18.1 Å². The number of aromatic amines is 1. The third-order valence-electron chi connectivity index (χ3n) is 8.83. The highest BCUT2D eigenvalue weighted by atomic mass is 16.5. The average molecular weight is 605 g/mol. The van der Waals surface area contributed by atoms with Gasteiger partial charge < -0.3 is 4.74 Å². The molecule has 1 saturated carbocycles. The average Bonchev–Trinajstić information content (AvgIpc) is 3.49. The van der Waals surface area contributed by atoms with Crippen LogP contribution in [-0.2, 0) is 12.8 Å². The molecule has 5 aromatic rings. The molecule has 0 aliphatic heterocycles. The number of unbranched alkanes of at least 4 members (excludes halogenated alkanes) is 1. The molecule has 1 N–H and O–H groups in total. The molecule has 1 fully saturated rings. The normalized spacial score (nSPS) is 16.5. The Hall–Kier alpha value is -4.72. The number of ether oxygens (including phenoxy) is 1. The smallest absolute Gasteiger partial charge is 0.439 e. The third-order valence-corrected chi connectivity index (χ3v) is 8.83. The summed E-state index contributed by atoms with van der Waals surface area (Å²) in [6.07, 6.45) is 8.07. The van der Waals surface area contributed by atoms with Gasteiger partial charge in [0, 0.05) is 17.5 Å². The molecule has 0 unspecified atom stereocenters. The molecule has 1 aliphatic rings. The van der Waals surface area contributed by atoms with Gasteiger partial charge in [-0.15, -0.1) is 0 Å². The summed E-state index contributed by atoms with van der Waals surface area (Å²) in [7, 11) is 0. The zero-order valence-electron chi connectivity index (χ0n) is 26.2. The summed E-state index contributed by atoms with van der Waals surface area (Å²) >= 11 is 0. The molecule has 1 aliphatic carbocycles. The van der Waals surface area contributed by atoms with Gasteiger partial charge in [0.1, 0.15) is 11.6 Å². The molecule has 0 spiro atoms. The Morgan fingerprint density at radius 1 is 0.933 bits per heavy atom. The van der Waals surface area contributed by atoms with Crippen molar-refractivity contribution in [2.45, 2.75) is 78.2 Å². The number of hydrogen-bond donors (Lipinski definition) is 1. The van der Waals surface area contributed by atoms with Crippen LogP contribution in [0.5, 0.6) is 5.75 Å². The molecule has 6 rings (SSSR count). The summed E-state index contributed by atoms with van der Waals surface area (Å²) in [5.41, 5.74) is 6.02. The highest BCUT2D eigenvalue weighted by Crippen LogP contribution is 2.31. The Labute approximate surface area is 263 Å². The van der Waals surface area contributed by atoms with Crippen LogP contribution in [0.1, 0.15) is 75.0 Å². The van der Waals surface area contributed by atoms with Crippen LogP contribution in [-0.4, -0.2) is 25.8 Å². The largest absolute Gasteiger partial charge is 0.490 e. The number of hydrogen-bond acceptors (Lipinski definition) is 6. The molecule has 3 aromatic carbocycles. The van der Waals surface area contributed by atoms with Crippen molar-refractivity contribution in [1.29, 1.82) is 0 Å². The molecule has 0 atom stereocenters. The highest BCUT2D eigenvalue weighted by Gasteiger charge is 2.20. The summed E-state index contributed by atoms with van der Waals surface area (Å²) in [5, 5.41) is 3.87. The van der Waals surface area contributed by atoms with Gasteiger partial charge in [-0.05, 0) is 92.3 Å². The van der Waals surface area contributed by atoms with Crippen molar-refractivity contribution in [1.82, 2.24) is 19.7 Å². The Kier molecular flexibility index (Phi) is 9.10. The number of H-pyrrole nitrogens is 1. The molecular weight excluding hydrogens is 564 g/mol. The Morgan fingerprint density at radius 3 is 2.31 bits per heavy atom. The lowest BCUT2D eigenvalue weighted by Crippen LogP contribution is -2.28. The quantitative estimate of drug-likeness (QED) is 0.178. The Balaban J connectivity index is 1.28. The molecular formula is C37H40N4O4. The molecule has 2 aromatic heterocycles. The standard InChI is InChI=1S/C37H40N4O4/c1-4-5-10-34-33(23-26-13-15-27(16-14-26)31-8-6-7-9-32(31)35-39-37(43)45-40-35)36(42)41(25(3)38-34)28-17-21-30(22-18-28)44-29-19-11-24(2)12-20-29/h6-9,13-18,21-22,24,29H,4-5,10-12,19-20,23H2,1-3H3,(H,39,40,43). The first-order chi connectivity index (χ1) is 21.9. The maximum Gasteiger partial charge on any atom is 0.439 e. The fourth-order valence-electron chi connectivity index (χ4n) is 6.26. The topological polar surface area (TPSA) is 103 Å². The minimum absolute atomic E-state index is 0.0343. The first-order valence-electron chi connectivity index (χ1n) is 16.0. The number of benzene rings is 3. The summed E-state index contributed by atoms with van der Waals surface area (Å²) in [6, 6.07) is 23.7. The van der Waals surface area contributed by atoms with E-state index in [1.165, 1.54) is 12.8 Å². The van der Waals surface area contributed by atoms with Crippen LogP contribution in [0.4, 0.5) is 0 Å². The minimum Gasteiger partial charge on any atom is -0.490 e. The van der Waals surface area contributed by atoms with Crippen LogP contribution in [0.25, 0.3) is 28.2 Å². The number of rotatable bonds is 10. The van der Waals surface area contributed by atoms with Gasteiger partial charge in [-0.25, -0.2) is 9.78 Å². The molecule has 8 heteroatoms. The van der Waals surface area contributed by atoms with E-state index in [1.807, 2.05) is 79.7 Å². The van der Waals surface area contributed by atoms with Gasteiger partial charge in [-0.1, -0.05) is 74.0 Å². The van der Waals surface area contributed by atoms with Crippen molar-refractivity contribution < 1.29 is 9.26 Å². The summed E-state index contributed by atoms with van der Waals surface area (Å²) in [6.45, 7) is 6.36. The van der Waals surface area contributed by atoms with Crippen LogP contribution in [0.15, 0.2) is 86.9 Å². The number of nitrogens with one attached hydrogen (secondary N) is 1. The van der Waals surface area contributed by atoms with E-state index in [4.69, 9.17) is 14.2 Å². The molecule has 232 valence electrons. The monoisotopic (exact) mass is 604 g/mol. The molecule has 2 heterocycles. The second kappa shape index (κ2) is 13.5. The SMILES string of the molecule is CCCCc1nc(C)n(-c2ccc(OC3CCC(C)CC3)cc2)c(=O)c1Cc1ccc(-c2ccccc2-c2noc(=O)[nH]2)cc1. The molecule has 45 heavy (non-hydrogen) atoms. The van der Waals surface area contributed by atoms with Crippen molar-refractivity contribution in [2.75, 3.05) is 0 Å². The number of aryl methyl sites for hydroxylation is 2. The van der Waals surface area contributed by atoms with Gasteiger partial charge in [0.15, 0.2) is 5.82 Å². The van der Waals surface area contributed by atoms with Gasteiger partial charge in [-0.3, -0.25) is 18.9 Å². The van der Waals surface area contributed by atoms with Crippen molar-refractivity contribution in [3.8, 4) is 34.0 Å². The van der Waals surface area contributed by atoms with E-state index >= 15 is 0 Å². The predicted molar refractivity (Wildman–Crippen MR) is 176 cm³/mol. The van der Waals surface area contributed by atoms with Crippen molar-refractivity contribution in [2.24, 2.45) is 5.92 Å². The summed E-state index contributed by atoms with van der Waals surface area (Å²) in [5.74, 6) is 2.09. The zero-order valence-corrected chi connectivity index (χ0v) is 26.2. The van der Waals surface area contributed by atoms with E-state index in [0.717, 1.165) is 83.0 Å². The fraction of sp³-hybridized carbons (Fsp3) is 0.351. The lowest BCUT2D eigenvalue weighted by molar-refractivity contribution is 0.135. The molecule has 0 saturated heterocycles. The zero-order chi connectivity index (χ0) is 31.3. The van der Waals surface area contributed by atoms with Gasteiger partial charge in [0.25, 0.3) is 5.56 Å². The van der Waals surface area contributed by atoms with E-state index in [-0.39, 0.29) is 11.7 Å². The number of aromatic nitrogens is 4. The van der Waals surface area contributed by atoms with Crippen LogP contribution in [0.2, 0.25) is 0 Å². The van der Waals surface area contributed by atoms with Crippen LogP contribution in [0, 0.1) is 12.8 Å². The van der Waals surface area contributed by atoms with E-state index in [9.17, 15) is 9.59 Å². The molecule has 0 bridgehead atoms. The Morgan fingerprint density at radius 2 is 1.64 bits per heavy atom. The van der Waals surface area contributed by atoms with Gasteiger partial charge in [0.05, 0.1) is 17.5 Å². The fourth-order valence-corrected chi connectivity index (χ4v) is 6.26. The maximum absolute atomic E-state index is 14.1. The van der Waals surface area contributed by atoms with Gasteiger partial charge in [0.2, 0.25) is 0 Å². The summed E-state index contributed by atoms with van der Waals surface area (Å²) < 4.78 is 12.7. The van der Waals surface area contributed by atoms with Crippen molar-refractivity contribution in [3.63, 3.8) is 0 Å². The Bertz CT molecular complexity index is 1860. The van der Waals surface area contributed by atoms with Crippen LogP contribution >= 0.6 is 0 Å². The van der Waals surface area contributed by atoms with E-state index in [2.05, 4.69) is 24.0 Å². The summed E-state index contributed by atoms with van der Waals surface area (Å²) in [4.78, 5) is 33.3.